The van der Waals surface area contributed by atoms with Gasteiger partial charge in [-0.15, -0.1) is 24.0 Å². The van der Waals surface area contributed by atoms with Crippen LogP contribution in [0.15, 0.2) is 4.99 Å². The van der Waals surface area contributed by atoms with Crippen LogP contribution in [0.2, 0.25) is 0 Å². The highest BCUT2D eigenvalue weighted by atomic mass is 127. The summed E-state index contributed by atoms with van der Waals surface area (Å²) in [6, 6.07) is 0. The lowest BCUT2D eigenvalue weighted by Gasteiger charge is -2.14. The second-order valence-electron chi connectivity index (χ2n) is 4.75. The molecule has 1 aliphatic heterocycles. The third-order valence-electron chi connectivity index (χ3n) is 3.29. The van der Waals surface area contributed by atoms with Crippen molar-refractivity contribution >= 4 is 41.7 Å². The van der Waals surface area contributed by atoms with Crippen molar-refractivity contribution in [1.82, 2.24) is 10.6 Å². The van der Waals surface area contributed by atoms with E-state index >= 15 is 0 Å². The van der Waals surface area contributed by atoms with Crippen LogP contribution < -0.4 is 10.6 Å². The fourth-order valence-electron chi connectivity index (χ4n) is 2.04. The predicted octanol–water partition coefficient (Wildman–Crippen LogP) is 2.47. The monoisotopic (exact) mass is 369 g/mol. The summed E-state index contributed by atoms with van der Waals surface area (Å²) in [6.45, 7) is 2.13. The van der Waals surface area contributed by atoms with Crippen molar-refractivity contribution in [1.29, 1.82) is 0 Å². The molecule has 0 radical (unpaired) electrons. The maximum absolute atomic E-state index is 4.25. The first-order valence-corrected chi connectivity index (χ1v) is 7.49. The molecule has 1 heterocycles. The van der Waals surface area contributed by atoms with Crippen molar-refractivity contribution in [3.05, 3.63) is 0 Å². The van der Waals surface area contributed by atoms with Crippen molar-refractivity contribution in [3.8, 4) is 0 Å². The summed E-state index contributed by atoms with van der Waals surface area (Å²) in [5, 5.41) is 7.61. The van der Waals surface area contributed by atoms with Crippen LogP contribution in [0.3, 0.4) is 0 Å². The SMILES string of the molecule is CN=C(NCCC1CC1)NCC1CCCS1.I. The van der Waals surface area contributed by atoms with Crippen molar-refractivity contribution in [2.75, 3.05) is 25.9 Å². The molecule has 1 saturated heterocycles. The molecule has 3 nitrogen and oxygen atoms in total. The average molecular weight is 369 g/mol. The Morgan fingerprint density at radius 3 is 2.71 bits per heavy atom. The minimum atomic E-state index is 0. The molecule has 1 aliphatic carbocycles. The van der Waals surface area contributed by atoms with E-state index in [2.05, 4.69) is 27.4 Å². The molecule has 0 amide bonds. The van der Waals surface area contributed by atoms with E-state index in [0.717, 1.165) is 30.2 Å². The van der Waals surface area contributed by atoms with Crippen LogP contribution in [-0.4, -0.2) is 37.1 Å². The van der Waals surface area contributed by atoms with Gasteiger partial charge in [-0.05, 0) is 30.9 Å². The average Bonchev–Trinajstić information content (AvgIpc) is 2.97. The molecule has 2 fully saturated rings. The number of rotatable bonds is 5. The van der Waals surface area contributed by atoms with Crippen LogP contribution in [0.25, 0.3) is 0 Å². The maximum atomic E-state index is 4.25. The predicted molar refractivity (Wildman–Crippen MR) is 87.6 cm³/mol. The van der Waals surface area contributed by atoms with Gasteiger partial charge in [0.25, 0.3) is 0 Å². The van der Waals surface area contributed by atoms with Crippen molar-refractivity contribution in [2.24, 2.45) is 10.9 Å². The third kappa shape index (κ3) is 6.18. The molecule has 5 heteroatoms. The van der Waals surface area contributed by atoms with E-state index in [0.29, 0.717) is 0 Å². The summed E-state index contributed by atoms with van der Waals surface area (Å²) in [7, 11) is 1.86. The van der Waals surface area contributed by atoms with E-state index in [9.17, 15) is 0 Å². The molecule has 1 atom stereocenters. The number of hydrogen-bond donors (Lipinski definition) is 2. The lowest BCUT2D eigenvalue weighted by Crippen LogP contribution is -2.40. The summed E-state index contributed by atoms with van der Waals surface area (Å²) in [5.41, 5.74) is 0. The van der Waals surface area contributed by atoms with E-state index in [1.165, 1.54) is 37.9 Å². The summed E-state index contributed by atoms with van der Waals surface area (Å²) >= 11 is 2.09. The number of hydrogen-bond acceptors (Lipinski definition) is 2. The largest absolute Gasteiger partial charge is 0.356 e. The number of guanidine groups is 1. The summed E-state index contributed by atoms with van der Waals surface area (Å²) < 4.78 is 0. The molecule has 1 unspecified atom stereocenters. The van der Waals surface area contributed by atoms with Gasteiger partial charge in [0.05, 0.1) is 0 Å². The van der Waals surface area contributed by atoms with E-state index in [1.54, 1.807) is 0 Å². The van der Waals surface area contributed by atoms with Crippen molar-refractivity contribution < 1.29 is 0 Å². The van der Waals surface area contributed by atoms with Gasteiger partial charge in [-0.1, -0.05) is 12.8 Å². The molecule has 0 aromatic rings. The molecular weight excluding hydrogens is 345 g/mol. The van der Waals surface area contributed by atoms with Gasteiger partial charge in [0.1, 0.15) is 0 Å². The molecule has 0 bridgehead atoms. The first kappa shape index (κ1) is 15.4. The maximum Gasteiger partial charge on any atom is 0.191 e. The molecule has 0 aromatic carbocycles. The first-order chi connectivity index (χ1) is 7.88. The quantitative estimate of drug-likeness (QED) is 0.444. The van der Waals surface area contributed by atoms with E-state index in [4.69, 9.17) is 0 Å². The van der Waals surface area contributed by atoms with Crippen LogP contribution in [0.1, 0.15) is 32.1 Å². The Kier molecular flexibility index (Phi) is 7.66. The van der Waals surface area contributed by atoms with Crippen LogP contribution in [0.4, 0.5) is 0 Å². The zero-order chi connectivity index (χ0) is 11.2. The second kappa shape index (κ2) is 8.45. The molecule has 1 saturated carbocycles. The Morgan fingerprint density at radius 2 is 2.12 bits per heavy atom. The van der Waals surface area contributed by atoms with Gasteiger partial charge < -0.3 is 10.6 Å². The first-order valence-electron chi connectivity index (χ1n) is 6.44. The second-order valence-corrected chi connectivity index (χ2v) is 6.16. The Hall–Kier alpha value is 0.350. The number of halogens is 1. The highest BCUT2D eigenvalue weighted by Crippen LogP contribution is 2.31. The Bertz CT molecular complexity index is 238. The van der Waals surface area contributed by atoms with Gasteiger partial charge in [0.2, 0.25) is 0 Å². The molecule has 2 rings (SSSR count). The van der Waals surface area contributed by atoms with Gasteiger partial charge in [0.15, 0.2) is 5.96 Å². The number of thioether (sulfide) groups is 1. The molecule has 17 heavy (non-hydrogen) atoms. The van der Waals surface area contributed by atoms with Gasteiger partial charge >= 0.3 is 0 Å². The third-order valence-corrected chi connectivity index (χ3v) is 4.68. The lowest BCUT2D eigenvalue weighted by molar-refractivity contribution is 0.676. The standard InChI is InChI=1S/C12H23N3S.HI/c1-13-12(14-7-6-10-4-5-10)15-9-11-3-2-8-16-11;/h10-11H,2-9H2,1H3,(H2,13,14,15);1H. The molecular formula is C12H24IN3S. The topological polar surface area (TPSA) is 36.4 Å². The Morgan fingerprint density at radius 1 is 1.29 bits per heavy atom. The highest BCUT2D eigenvalue weighted by Gasteiger charge is 2.20. The number of nitrogens with one attached hydrogen (secondary N) is 2. The van der Waals surface area contributed by atoms with Gasteiger partial charge in [-0.3, -0.25) is 4.99 Å². The van der Waals surface area contributed by atoms with Gasteiger partial charge in [-0.2, -0.15) is 11.8 Å². The van der Waals surface area contributed by atoms with Crippen LogP contribution in [0.5, 0.6) is 0 Å². The number of aliphatic imine (C=N–C) groups is 1. The lowest BCUT2D eigenvalue weighted by atomic mass is 10.2. The fraction of sp³-hybridized carbons (Fsp3) is 0.917. The molecule has 100 valence electrons. The van der Waals surface area contributed by atoms with E-state index in [1.807, 2.05) is 7.05 Å². The summed E-state index contributed by atoms with van der Waals surface area (Å²) in [4.78, 5) is 4.25. The minimum Gasteiger partial charge on any atom is -0.356 e. The van der Waals surface area contributed by atoms with Crippen molar-refractivity contribution in [3.63, 3.8) is 0 Å². The highest BCUT2D eigenvalue weighted by molar-refractivity contribution is 14.0. The fourth-order valence-corrected chi connectivity index (χ4v) is 3.24. The molecule has 0 spiro atoms. The van der Waals surface area contributed by atoms with Gasteiger partial charge in [-0.25, -0.2) is 0 Å². The minimum absolute atomic E-state index is 0. The van der Waals surface area contributed by atoms with Gasteiger partial charge in [0, 0.05) is 25.4 Å². The zero-order valence-electron chi connectivity index (χ0n) is 10.6. The van der Waals surface area contributed by atoms with Crippen LogP contribution in [0, 0.1) is 5.92 Å². The molecule has 2 aliphatic rings. The Balaban J connectivity index is 0.00000144. The molecule has 0 aromatic heterocycles. The van der Waals surface area contributed by atoms with Crippen molar-refractivity contribution in [2.45, 2.75) is 37.4 Å². The smallest absolute Gasteiger partial charge is 0.191 e. The Labute approximate surface area is 126 Å². The van der Waals surface area contributed by atoms with E-state index in [-0.39, 0.29) is 24.0 Å². The summed E-state index contributed by atoms with van der Waals surface area (Å²) in [6.07, 6.45) is 6.92. The van der Waals surface area contributed by atoms with Crippen LogP contribution in [-0.2, 0) is 0 Å². The summed E-state index contributed by atoms with van der Waals surface area (Å²) in [5.74, 6) is 3.31. The zero-order valence-corrected chi connectivity index (χ0v) is 13.7. The number of nitrogens with zero attached hydrogens (tertiary/aromatic N) is 1. The normalized spacial score (nSPS) is 24.3. The van der Waals surface area contributed by atoms with E-state index < -0.39 is 0 Å². The van der Waals surface area contributed by atoms with Crippen LogP contribution >= 0.6 is 35.7 Å². The molecule has 2 N–H and O–H groups in total.